The molecule has 1 aliphatic heterocycles. The van der Waals surface area contributed by atoms with E-state index in [1.165, 1.54) is 23.1 Å². The normalized spacial score (nSPS) is 23.1. The summed E-state index contributed by atoms with van der Waals surface area (Å²) in [4.78, 5) is 10.1. The van der Waals surface area contributed by atoms with Crippen molar-refractivity contribution < 1.29 is 8.81 Å². The smallest absolute Gasteiger partial charge is 0.220 e. The van der Waals surface area contributed by atoms with E-state index in [-0.39, 0.29) is 11.9 Å². The number of halogens is 1. The van der Waals surface area contributed by atoms with Gasteiger partial charge in [0, 0.05) is 31.2 Å². The van der Waals surface area contributed by atoms with Gasteiger partial charge in [-0.25, -0.2) is 9.37 Å². The molecule has 0 radical (unpaired) electrons. The summed E-state index contributed by atoms with van der Waals surface area (Å²) in [5, 5.41) is 3.90. The first-order valence-electron chi connectivity index (χ1n) is 17.8. The van der Waals surface area contributed by atoms with Crippen molar-refractivity contribution in [3.63, 3.8) is 0 Å². The van der Waals surface area contributed by atoms with Crippen molar-refractivity contribution in [1.82, 2.24) is 9.88 Å². The van der Waals surface area contributed by atoms with Gasteiger partial charge in [-0.3, -0.25) is 0 Å². The Balaban J connectivity index is 1.26. The average molecular weight is 637 g/mol. The molecule has 3 aromatic carbocycles. The van der Waals surface area contributed by atoms with Gasteiger partial charge in [0.25, 0.3) is 0 Å². The fourth-order valence-electron chi connectivity index (χ4n) is 8.36. The van der Waals surface area contributed by atoms with Gasteiger partial charge in [-0.05, 0) is 105 Å². The molecule has 4 atom stereocenters. The van der Waals surface area contributed by atoms with Crippen molar-refractivity contribution in [3.8, 4) is 0 Å². The van der Waals surface area contributed by atoms with Crippen molar-refractivity contribution in [1.29, 1.82) is 0 Å². The van der Waals surface area contributed by atoms with Crippen LogP contribution in [-0.4, -0.2) is 37.1 Å². The van der Waals surface area contributed by atoms with Gasteiger partial charge in [0.05, 0.1) is 0 Å². The lowest BCUT2D eigenvalue weighted by Crippen LogP contribution is -2.39. The van der Waals surface area contributed by atoms with Crippen LogP contribution in [-0.2, 0) is 6.42 Å². The largest absolute Gasteiger partial charge is 0.423 e. The maximum Gasteiger partial charge on any atom is 0.220 e. The molecule has 1 N–H and O–H groups in total. The monoisotopic (exact) mass is 636 g/mol. The van der Waals surface area contributed by atoms with Crippen LogP contribution in [0.25, 0.3) is 0 Å². The first-order valence-corrected chi connectivity index (χ1v) is 17.8. The highest BCUT2D eigenvalue weighted by Gasteiger charge is 2.34. The zero-order valence-electron chi connectivity index (χ0n) is 29.0. The number of benzene rings is 3. The fraction of sp³-hybridized carbons (Fsp3) is 0.488. The van der Waals surface area contributed by atoms with Crippen molar-refractivity contribution in [2.45, 2.75) is 77.8 Å². The molecule has 1 saturated heterocycles. The third-order valence-electron chi connectivity index (χ3n) is 10.5. The Hall–Kier alpha value is -3.64. The molecule has 47 heavy (non-hydrogen) atoms. The molecule has 4 unspecified atom stereocenters. The van der Waals surface area contributed by atoms with E-state index < -0.39 is 0 Å². The van der Waals surface area contributed by atoms with E-state index in [9.17, 15) is 4.39 Å². The van der Waals surface area contributed by atoms with Crippen LogP contribution in [0.4, 0.5) is 16.0 Å². The number of aromatic nitrogens is 1. The molecule has 4 aromatic rings. The van der Waals surface area contributed by atoms with Gasteiger partial charge < -0.3 is 19.5 Å². The van der Waals surface area contributed by atoms with Crippen molar-refractivity contribution >= 4 is 11.6 Å². The minimum absolute atomic E-state index is 0.0256. The number of para-hydroxylation sites is 1. The van der Waals surface area contributed by atoms with Gasteiger partial charge in [-0.15, -0.1) is 0 Å². The van der Waals surface area contributed by atoms with E-state index >= 15 is 0 Å². The summed E-state index contributed by atoms with van der Waals surface area (Å²) in [6, 6.07) is 26.6. The summed E-state index contributed by atoms with van der Waals surface area (Å²) < 4.78 is 20.6. The lowest BCUT2D eigenvalue weighted by molar-refractivity contribution is 0.143. The molecule has 1 aromatic heterocycles. The Morgan fingerprint density at radius 1 is 0.894 bits per heavy atom. The standard InChI is InChI=1S/C41H53FN4O/c1-28-23-29(2)27-46(26-28)41-38(25-31-12-7-6-8-13-31)44-40(47-41)37(43-36-14-10-9-11-30(36)3)24-32-15-17-33(18-16-32)39(45(4)5)34-19-21-35(42)22-20-34/h6-14,19-22,28-29,32-33,37,39,43H,15-18,23-27H2,1-5H3. The summed E-state index contributed by atoms with van der Waals surface area (Å²) in [5.74, 6) is 3.93. The number of hydrogen-bond donors (Lipinski definition) is 1. The van der Waals surface area contributed by atoms with E-state index in [1.807, 2.05) is 12.1 Å². The Bertz CT molecular complexity index is 1550. The minimum atomic E-state index is -0.173. The Kier molecular flexibility index (Phi) is 10.7. The third kappa shape index (κ3) is 8.27. The molecule has 1 aliphatic carbocycles. The second-order valence-electron chi connectivity index (χ2n) is 14.8. The molecule has 6 rings (SSSR count). The Morgan fingerprint density at radius 3 is 2.21 bits per heavy atom. The third-order valence-corrected chi connectivity index (χ3v) is 10.5. The number of anilines is 2. The van der Waals surface area contributed by atoms with Gasteiger partial charge in [0.2, 0.25) is 11.8 Å². The van der Waals surface area contributed by atoms with Gasteiger partial charge in [-0.1, -0.05) is 87.4 Å². The highest BCUT2D eigenvalue weighted by molar-refractivity contribution is 5.52. The maximum atomic E-state index is 13.7. The van der Waals surface area contributed by atoms with Crippen molar-refractivity contribution in [2.75, 3.05) is 37.4 Å². The highest BCUT2D eigenvalue weighted by atomic mass is 19.1. The van der Waals surface area contributed by atoms with E-state index in [0.29, 0.717) is 29.7 Å². The average Bonchev–Trinajstić information content (AvgIpc) is 3.47. The van der Waals surface area contributed by atoms with Crippen LogP contribution in [0.5, 0.6) is 0 Å². The first kappa shape index (κ1) is 33.3. The van der Waals surface area contributed by atoms with Crippen LogP contribution in [0.15, 0.2) is 83.3 Å². The quantitative estimate of drug-likeness (QED) is 0.178. The molecule has 0 spiro atoms. The summed E-state index contributed by atoms with van der Waals surface area (Å²) >= 11 is 0. The summed E-state index contributed by atoms with van der Waals surface area (Å²) in [6.45, 7) is 8.88. The number of piperidine rings is 1. The van der Waals surface area contributed by atoms with Gasteiger partial charge in [0.15, 0.2) is 0 Å². The molecular formula is C41H53FN4O. The second-order valence-corrected chi connectivity index (χ2v) is 14.8. The summed E-state index contributed by atoms with van der Waals surface area (Å²) in [5.41, 5.74) is 5.87. The van der Waals surface area contributed by atoms with Crippen LogP contribution in [0.1, 0.15) is 92.7 Å². The zero-order valence-corrected chi connectivity index (χ0v) is 29.0. The first-order chi connectivity index (χ1) is 22.7. The predicted molar refractivity (Wildman–Crippen MR) is 191 cm³/mol. The van der Waals surface area contributed by atoms with E-state index in [4.69, 9.17) is 9.40 Å². The van der Waals surface area contributed by atoms with Crippen molar-refractivity contribution in [3.05, 3.63) is 113 Å². The summed E-state index contributed by atoms with van der Waals surface area (Å²) in [6.07, 6.45) is 7.62. The molecule has 1 saturated carbocycles. The van der Waals surface area contributed by atoms with Gasteiger partial charge >= 0.3 is 0 Å². The topological polar surface area (TPSA) is 44.5 Å². The fourth-order valence-corrected chi connectivity index (χ4v) is 8.36. The molecule has 2 heterocycles. The van der Waals surface area contributed by atoms with E-state index in [2.05, 4.69) is 105 Å². The van der Waals surface area contributed by atoms with Crippen LogP contribution in [0.3, 0.4) is 0 Å². The number of rotatable bonds is 11. The number of aryl methyl sites for hydroxylation is 1. The van der Waals surface area contributed by atoms with Crippen LogP contribution in [0, 0.1) is 36.4 Å². The number of hydrogen-bond acceptors (Lipinski definition) is 5. The molecule has 5 nitrogen and oxygen atoms in total. The van der Waals surface area contributed by atoms with Crippen LogP contribution < -0.4 is 10.2 Å². The molecule has 2 aliphatic rings. The van der Waals surface area contributed by atoms with Crippen LogP contribution in [0.2, 0.25) is 0 Å². The van der Waals surface area contributed by atoms with E-state index in [1.54, 1.807) is 12.1 Å². The lowest BCUT2D eigenvalue weighted by atomic mass is 9.74. The Labute approximate surface area is 281 Å². The molecule has 0 bridgehead atoms. The van der Waals surface area contributed by atoms with Crippen LogP contribution >= 0.6 is 0 Å². The molecular weight excluding hydrogens is 583 g/mol. The zero-order chi connectivity index (χ0) is 32.9. The highest BCUT2D eigenvalue weighted by Crippen LogP contribution is 2.43. The van der Waals surface area contributed by atoms with Gasteiger partial charge in [-0.2, -0.15) is 0 Å². The Morgan fingerprint density at radius 2 is 1.55 bits per heavy atom. The second kappa shape index (κ2) is 15.1. The SMILES string of the molecule is Cc1ccccc1NC(CC1CCC(C(c2ccc(F)cc2)N(C)C)CC1)c1nc(Cc2ccccc2)c(N2CC(C)CC(C)C2)o1. The lowest BCUT2D eigenvalue weighted by Gasteiger charge is -2.38. The number of oxazole rings is 1. The summed E-state index contributed by atoms with van der Waals surface area (Å²) in [7, 11) is 4.30. The maximum absolute atomic E-state index is 13.7. The molecule has 0 amide bonds. The molecule has 2 fully saturated rings. The van der Waals surface area contributed by atoms with E-state index in [0.717, 1.165) is 74.8 Å². The van der Waals surface area contributed by atoms with Crippen molar-refractivity contribution in [2.24, 2.45) is 23.7 Å². The molecule has 250 valence electrons. The number of nitrogens with zero attached hydrogens (tertiary/aromatic N) is 3. The minimum Gasteiger partial charge on any atom is -0.423 e. The van der Waals surface area contributed by atoms with Gasteiger partial charge in [0.1, 0.15) is 17.6 Å². The number of nitrogens with one attached hydrogen (secondary N) is 1. The molecule has 6 heteroatoms. The predicted octanol–water partition coefficient (Wildman–Crippen LogP) is 9.85.